The van der Waals surface area contributed by atoms with Gasteiger partial charge >= 0.3 is 0 Å². The lowest BCUT2D eigenvalue weighted by Crippen LogP contribution is -2.01. The van der Waals surface area contributed by atoms with Gasteiger partial charge in [-0.1, -0.05) is 170 Å². The standard InChI is InChI=1S/C55H34N4O/c1-4-14-35(15-5-1)36-24-26-37(27-25-36)41-29-31-46-45(34-41)50-42-21-11-10-16-38(42)28-32-47(50)59(46)48-33-30-44(52-51(48)43-22-12-13-23-49(43)60-52)55-57-53(39-17-6-2-7-18-39)56-54(58-55)40-19-8-3-9-20-40/h1-34H. The molecule has 0 aliphatic carbocycles. The maximum Gasteiger partial charge on any atom is 0.167 e. The molecule has 0 spiro atoms. The molecule has 5 nitrogen and oxygen atoms in total. The molecule has 0 aliphatic heterocycles. The minimum atomic E-state index is 0.550. The van der Waals surface area contributed by atoms with Gasteiger partial charge < -0.3 is 8.98 Å². The number of rotatable bonds is 6. The van der Waals surface area contributed by atoms with Crippen molar-refractivity contribution in [3.63, 3.8) is 0 Å². The Morgan fingerprint density at radius 2 is 0.883 bits per heavy atom. The van der Waals surface area contributed by atoms with E-state index in [0.717, 1.165) is 55.3 Å². The predicted molar refractivity (Wildman–Crippen MR) is 246 cm³/mol. The van der Waals surface area contributed by atoms with E-state index in [0.29, 0.717) is 17.5 Å². The summed E-state index contributed by atoms with van der Waals surface area (Å²) < 4.78 is 9.28. The molecule has 3 aromatic heterocycles. The maximum absolute atomic E-state index is 6.87. The highest BCUT2D eigenvalue weighted by Gasteiger charge is 2.24. The summed E-state index contributed by atoms with van der Waals surface area (Å²) in [6.07, 6.45) is 0. The normalized spacial score (nSPS) is 11.7. The van der Waals surface area contributed by atoms with Gasteiger partial charge in [0.25, 0.3) is 0 Å². The number of furan rings is 1. The van der Waals surface area contributed by atoms with Crippen LogP contribution < -0.4 is 0 Å². The largest absolute Gasteiger partial charge is 0.455 e. The predicted octanol–water partition coefficient (Wildman–Crippen LogP) is 14.4. The molecule has 5 heteroatoms. The van der Waals surface area contributed by atoms with Crippen LogP contribution in [0, 0.1) is 0 Å². The summed E-state index contributed by atoms with van der Waals surface area (Å²) in [5.41, 5.74) is 12.2. The Hall–Kier alpha value is -8.15. The number of fused-ring (bicyclic) bond motifs is 8. The smallest absolute Gasteiger partial charge is 0.167 e. The molecule has 0 saturated carbocycles. The fourth-order valence-corrected chi connectivity index (χ4v) is 8.82. The second-order valence-electron chi connectivity index (χ2n) is 15.2. The van der Waals surface area contributed by atoms with Gasteiger partial charge in [-0.15, -0.1) is 0 Å². The van der Waals surface area contributed by atoms with E-state index < -0.39 is 0 Å². The lowest BCUT2D eigenvalue weighted by molar-refractivity contribution is 0.669. The maximum atomic E-state index is 6.87. The minimum Gasteiger partial charge on any atom is -0.455 e. The molecule has 9 aromatic carbocycles. The number of hydrogen-bond donors (Lipinski definition) is 0. The summed E-state index contributed by atoms with van der Waals surface area (Å²) in [5, 5.41) is 6.85. The molecule has 280 valence electrons. The van der Waals surface area contributed by atoms with Crippen LogP contribution in [-0.2, 0) is 0 Å². The van der Waals surface area contributed by atoms with E-state index in [9.17, 15) is 0 Å². The summed E-state index contributed by atoms with van der Waals surface area (Å²) in [6.45, 7) is 0. The first-order chi connectivity index (χ1) is 29.7. The van der Waals surface area contributed by atoms with Crippen molar-refractivity contribution in [2.45, 2.75) is 0 Å². The van der Waals surface area contributed by atoms with E-state index in [1.807, 2.05) is 72.8 Å². The molecule has 60 heavy (non-hydrogen) atoms. The monoisotopic (exact) mass is 766 g/mol. The van der Waals surface area contributed by atoms with Crippen molar-refractivity contribution in [1.82, 2.24) is 19.5 Å². The van der Waals surface area contributed by atoms with Gasteiger partial charge in [-0.25, -0.2) is 15.0 Å². The first kappa shape index (κ1) is 33.9. The number of hydrogen-bond acceptors (Lipinski definition) is 4. The zero-order valence-corrected chi connectivity index (χ0v) is 32.3. The molecule has 0 saturated heterocycles. The molecule has 0 amide bonds. The third kappa shape index (κ3) is 5.52. The Kier molecular flexibility index (Phi) is 7.78. The SMILES string of the molecule is c1ccc(-c2ccc(-c3ccc4c(c3)c3c5ccccc5ccc3n4-c3ccc(-c4nc(-c5ccccc5)nc(-c5ccccc5)n4)c4oc5ccccc5c34)cc2)cc1. The molecule has 0 fully saturated rings. The molecule has 0 bridgehead atoms. The summed E-state index contributed by atoms with van der Waals surface area (Å²) in [5.74, 6) is 1.76. The van der Waals surface area contributed by atoms with Gasteiger partial charge in [0.15, 0.2) is 17.5 Å². The molecular weight excluding hydrogens is 733 g/mol. The van der Waals surface area contributed by atoms with Gasteiger partial charge in [-0.2, -0.15) is 0 Å². The Morgan fingerprint density at radius 1 is 0.350 bits per heavy atom. The van der Waals surface area contributed by atoms with Crippen molar-refractivity contribution in [3.05, 3.63) is 206 Å². The van der Waals surface area contributed by atoms with Crippen molar-refractivity contribution in [3.8, 4) is 62.1 Å². The van der Waals surface area contributed by atoms with Gasteiger partial charge in [0, 0.05) is 27.3 Å². The average Bonchev–Trinajstić information content (AvgIpc) is 3.88. The molecule has 12 aromatic rings. The Balaban J connectivity index is 1.11. The van der Waals surface area contributed by atoms with Gasteiger partial charge in [0.1, 0.15) is 11.2 Å². The zero-order valence-electron chi connectivity index (χ0n) is 32.3. The van der Waals surface area contributed by atoms with Crippen molar-refractivity contribution in [2.75, 3.05) is 0 Å². The van der Waals surface area contributed by atoms with Gasteiger partial charge in [-0.05, 0) is 69.4 Å². The van der Waals surface area contributed by atoms with Crippen LogP contribution in [0.5, 0.6) is 0 Å². The first-order valence-corrected chi connectivity index (χ1v) is 20.2. The van der Waals surface area contributed by atoms with Crippen LogP contribution in [0.25, 0.3) is 117 Å². The summed E-state index contributed by atoms with van der Waals surface area (Å²) >= 11 is 0. The Labute approximate surface area is 345 Å². The van der Waals surface area contributed by atoms with E-state index in [4.69, 9.17) is 19.4 Å². The van der Waals surface area contributed by atoms with E-state index in [-0.39, 0.29) is 0 Å². The number of aromatic nitrogens is 4. The van der Waals surface area contributed by atoms with Crippen LogP contribution in [0.2, 0.25) is 0 Å². The fourth-order valence-electron chi connectivity index (χ4n) is 8.82. The van der Waals surface area contributed by atoms with Gasteiger partial charge in [0.2, 0.25) is 0 Å². The molecular formula is C55H34N4O. The third-order valence-corrected chi connectivity index (χ3v) is 11.7. The molecule has 0 aliphatic rings. The molecule has 0 N–H and O–H groups in total. The van der Waals surface area contributed by atoms with Crippen LogP contribution in [-0.4, -0.2) is 19.5 Å². The molecule has 0 unspecified atom stereocenters. The number of nitrogens with zero attached hydrogens (tertiary/aromatic N) is 4. The quantitative estimate of drug-likeness (QED) is 0.169. The van der Waals surface area contributed by atoms with Crippen molar-refractivity contribution in [2.24, 2.45) is 0 Å². The van der Waals surface area contributed by atoms with Crippen molar-refractivity contribution >= 4 is 54.5 Å². The topological polar surface area (TPSA) is 56.7 Å². The minimum absolute atomic E-state index is 0.550. The highest BCUT2D eigenvalue weighted by Crippen LogP contribution is 2.44. The third-order valence-electron chi connectivity index (χ3n) is 11.7. The highest BCUT2D eigenvalue weighted by atomic mass is 16.3. The summed E-state index contributed by atoms with van der Waals surface area (Å²) in [7, 11) is 0. The van der Waals surface area contributed by atoms with Gasteiger partial charge in [0.05, 0.1) is 27.7 Å². The highest BCUT2D eigenvalue weighted by molar-refractivity contribution is 6.23. The summed E-state index contributed by atoms with van der Waals surface area (Å²) in [4.78, 5) is 15.2. The van der Waals surface area contributed by atoms with Crippen LogP contribution in [0.3, 0.4) is 0 Å². The second kappa shape index (κ2) is 13.8. The second-order valence-corrected chi connectivity index (χ2v) is 15.2. The molecule has 0 radical (unpaired) electrons. The molecule has 12 rings (SSSR count). The van der Waals surface area contributed by atoms with E-state index in [1.54, 1.807) is 0 Å². The zero-order chi connectivity index (χ0) is 39.6. The lowest BCUT2D eigenvalue weighted by atomic mass is 9.98. The van der Waals surface area contributed by atoms with Crippen LogP contribution >= 0.6 is 0 Å². The number of benzene rings is 9. The molecule has 3 heterocycles. The van der Waals surface area contributed by atoms with Crippen molar-refractivity contribution < 1.29 is 4.42 Å². The fraction of sp³-hybridized carbons (Fsp3) is 0. The number of para-hydroxylation sites is 1. The first-order valence-electron chi connectivity index (χ1n) is 20.2. The molecule has 0 atom stereocenters. The van der Waals surface area contributed by atoms with Crippen LogP contribution in [0.4, 0.5) is 0 Å². The van der Waals surface area contributed by atoms with E-state index in [2.05, 4.69) is 138 Å². The van der Waals surface area contributed by atoms with E-state index >= 15 is 0 Å². The summed E-state index contributed by atoms with van der Waals surface area (Å²) in [6, 6.07) is 72.2. The van der Waals surface area contributed by atoms with E-state index in [1.165, 1.54) is 43.8 Å². The van der Waals surface area contributed by atoms with Crippen molar-refractivity contribution in [1.29, 1.82) is 0 Å². The average molecular weight is 767 g/mol. The Bertz CT molecular complexity index is 3520. The lowest BCUT2D eigenvalue weighted by Gasteiger charge is -2.13. The Morgan fingerprint density at radius 3 is 1.58 bits per heavy atom. The van der Waals surface area contributed by atoms with Crippen LogP contribution in [0.1, 0.15) is 0 Å². The van der Waals surface area contributed by atoms with Crippen LogP contribution in [0.15, 0.2) is 211 Å². The van der Waals surface area contributed by atoms with Gasteiger partial charge in [-0.3, -0.25) is 0 Å².